The fraction of sp³-hybridized carbons (Fsp3) is 0.250. The van der Waals surface area contributed by atoms with Crippen LogP contribution in [0.1, 0.15) is 29.7 Å². The van der Waals surface area contributed by atoms with Crippen LogP contribution in [-0.2, 0) is 27.5 Å². The predicted molar refractivity (Wildman–Crippen MR) is 122 cm³/mol. The first kappa shape index (κ1) is 25.3. The minimum atomic E-state index is -4.44. The van der Waals surface area contributed by atoms with Crippen LogP contribution in [0.3, 0.4) is 0 Å². The molecule has 186 valence electrons. The highest BCUT2D eigenvalue weighted by Gasteiger charge is 2.39. The number of amides is 1. The Morgan fingerprint density at radius 2 is 1.81 bits per heavy atom. The molecular weight excluding hydrogens is 495 g/mol. The van der Waals surface area contributed by atoms with Crippen LogP contribution < -0.4 is 5.32 Å². The van der Waals surface area contributed by atoms with Gasteiger partial charge in [-0.2, -0.15) is 22.7 Å². The smallest absolute Gasteiger partial charge is 0.349 e. The zero-order valence-electron chi connectivity index (χ0n) is 18.7. The van der Waals surface area contributed by atoms with Crippen LogP contribution in [0.15, 0.2) is 65.8 Å². The lowest BCUT2D eigenvalue weighted by Crippen LogP contribution is -2.45. The summed E-state index contributed by atoms with van der Waals surface area (Å²) in [7, 11) is -3.94. The van der Waals surface area contributed by atoms with Crippen molar-refractivity contribution in [2.75, 3.05) is 6.54 Å². The second kappa shape index (κ2) is 10.0. The van der Waals surface area contributed by atoms with E-state index in [9.17, 15) is 26.4 Å². The molecule has 1 N–H and O–H groups in total. The molecule has 0 radical (unpaired) electrons. The summed E-state index contributed by atoms with van der Waals surface area (Å²) in [4.78, 5) is 21.1. The fourth-order valence-electron chi connectivity index (χ4n) is 3.90. The summed E-state index contributed by atoms with van der Waals surface area (Å²) in [5, 5.41) is 11.6. The Labute approximate surface area is 205 Å². The van der Waals surface area contributed by atoms with Gasteiger partial charge < -0.3 is 5.32 Å². The summed E-state index contributed by atoms with van der Waals surface area (Å²) in [5.74, 6) is -0.487. The Morgan fingerprint density at radius 1 is 1.11 bits per heavy atom. The molecule has 1 aliphatic heterocycles. The average molecular weight is 516 g/mol. The molecule has 36 heavy (non-hydrogen) atoms. The SMILES string of the molecule is N#Cc1ccc(S(=O)(=O)N2CCC[C@H]2C(=O)NCc2cc(-c3ccc(C(F)(F)F)cc3)ncn2)cc1. The molecule has 0 bridgehead atoms. The Kier molecular flexibility index (Phi) is 7.05. The maximum atomic E-state index is 13.1. The highest BCUT2D eigenvalue weighted by atomic mass is 32.2. The van der Waals surface area contributed by atoms with E-state index in [1.807, 2.05) is 6.07 Å². The van der Waals surface area contributed by atoms with Gasteiger partial charge >= 0.3 is 6.18 Å². The summed E-state index contributed by atoms with van der Waals surface area (Å²) in [6, 6.07) is 12.6. The van der Waals surface area contributed by atoms with E-state index in [2.05, 4.69) is 15.3 Å². The molecule has 0 unspecified atom stereocenters. The summed E-state index contributed by atoms with van der Waals surface area (Å²) < 4.78 is 65.7. The lowest BCUT2D eigenvalue weighted by atomic mass is 10.1. The Hall–Kier alpha value is -3.82. The number of halogens is 3. The van der Waals surface area contributed by atoms with Crippen LogP contribution in [0, 0.1) is 11.3 Å². The summed E-state index contributed by atoms with van der Waals surface area (Å²) in [6.45, 7) is 0.169. The summed E-state index contributed by atoms with van der Waals surface area (Å²) in [5.41, 5.74) is 0.796. The van der Waals surface area contributed by atoms with Gasteiger partial charge in [-0.1, -0.05) is 12.1 Å². The number of nitrogens with zero attached hydrogens (tertiary/aromatic N) is 4. The highest BCUT2D eigenvalue weighted by molar-refractivity contribution is 7.89. The maximum absolute atomic E-state index is 13.1. The minimum absolute atomic E-state index is 0.00168. The molecule has 8 nitrogen and oxygen atoms in total. The van der Waals surface area contributed by atoms with Crippen molar-refractivity contribution in [2.24, 2.45) is 0 Å². The van der Waals surface area contributed by atoms with E-state index in [1.54, 1.807) is 6.07 Å². The van der Waals surface area contributed by atoms with Gasteiger partial charge in [0.1, 0.15) is 12.4 Å². The van der Waals surface area contributed by atoms with Crippen molar-refractivity contribution < 1.29 is 26.4 Å². The molecule has 2 heterocycles. The van der Waals surface area contributed by atoms with Crippen molar-refractivity contribution in [3.63, 3.8) is 0 Å². The molecule has 0 aliphatic carbocycles. The monoisotopic (exact) mass is 515 g/mol. The zero-order chi connectivity index (χ0) is 25.9. The Morgan fingerprint density at radius 3 is 2.44 bits per heavy atom. The second-order valence-electron chi connectivity index (χ2n) is 8.10. The van der Waals surface area contributed by atoms with Gasteiger partial charge in [-0.15, -0.1) is 0 Å². The third kappa shape index (κ3) is 5.37. The summed E-state index contributed by atoms with van der Waals surface area (Å²) >= 11 is 0. The normalized spacial score (nSPS) is 16.4. The van der Waals surface area contributed by atoms with Crippen molar-refractivity contribution >= 4 is 15.9 Å². The molecule has 1 saturated heterocycles. The lowest BCUT2D eigenvalue weighted by molar-refractivity contribution is -0.137. The molecule has 1 aromatic heterocycles. The van der Waals surface area contributed by atoms with Gasteiger partial charge in [-0.25, -0.2) is 18.4 Å². The zero-order valence-corrected chi connectivity index (χ0v) is 19.6. The number of nitriles is 1. The van der Waals surface area contributed by atoms with E-state index in [0.717, 1.165) is 16.4 Å². The minimum Gasteiger partial charge on any atom is -0.349 e. The first-order valence-corrected chi connectivity index (χ1v) is 12.3. The highest BCUT2D eigenvalue weighted by Crippen LogP contribution is 2.31. The van der Waals surface area contributed by atoms with Crippen molar-refractivity contribution in [1.82, 2.24) is 19.6 Å². The van der Waals surface area contributed by atoms with Crippen LogP contribution in [0.2, 0.25) is 0 Å². The number of rotatable bonds is 6. The number of aromatic nitrogens is 2. The van der Waals surface area contributed by atoms with Gasteiger partial charge in [0.25, 0.3) is 0 Å². The molecule has 2 aromatic carbocycles. The number of hydrogen-bond donors (Lipinski definition) is 1. The Balaban J connectivity index is 1.44. The van der Waals surface area contributed by atoms with Gasteiger partial charge in [0.05, 0.1) is 40.0 Å². The second-order valence-corrected chi connectivity index (χ2v) is 9.99. The molecule has 4 rings (SSSR count). The third-order valence-electron chi connectivity index (χ3n) is 5.77. The van der Waals surface area contributed by atoms with E-state index in [1.165, 1.54) is 42.7 Å². The number of benzene rings is 2. The van der Waals surface area contributed by atoms with Crippen molar-refractivity contribution in [3.05, 3.63) is 77.7 Å². The van der Waals surface area contributed by atoms with Gasteiger partial charge in [0.2, 0.25) is 15.9 Å². The lowest BCUT2D eigenvalue weighted by Gasteiger charge is -2.23. The first-order chi connectivity index (χ1) is 17.1. The van der Waals surface area contributed by atoms with Crippen LogP contribution >= 0.6 is 0 Å². The van der Waals surface area contributed by atoms with Crippen LogP contribution in [-0.4, -0.2) is 41.2 Å². The number of sulfonamides is 1. The van der Waals surface area contributed by atoms with E-state index in [4.69, 9.17) is 5.26 Å². The van der Waals surface area contributed by atoms with Crippen LogP contribution in [0.4, 0.5) is 13.2 Å². The van der Waals surface area contributed by atoms with Crippen molar-refractivity contribution in [3.8, 4) is 17.3 Å². The number of carbonyl (C=O) groups excluding carboxylic acids is 1. The molecule has 1 aliphatic rings. The quantitative estimate of drug-likeness (QED) is 0.537. The van der Waals surface area contributed by atoms with Gasteiger partial charge in [-0.3, -0.25) is 4.79 Å². The molecule has 1 amide bonds. The van der Waals surface area contributed by atoms with Gasteiger partial charge in [0, 0.05) is 12.1 Å². The number of hydrogen-bond acceptors (Lipinski definition) is 6. The average Bonchev–Trinajstić information content (AvgIpc) is 3.38. The van der Waals surface area contributed by atoms with Crippen LogP contribution in [0.25, 0.3) is 11.3 Å². The van der Waals surface area contributed by atoms with Crippen molar-refractivity contribution in [2.45, 2.75) is 36.5 Å². The van der Waals surface area contributed by atoms with Crippen LogP contribution in [0.5, 0.6) is 0 Å². The topological polar surface area (TPSA) is 116 Å². The van der Waals surface area contributed by atoms with Crippen molar-refractivity contribution in [1.29, 1.82) is 5.26 Å². The first-order valence-electron chi connectivity index (χ1n) is 10.9. The largest absolute Gasteiger partial charge is 0.416 e. The Bertz CT molecular complexity index is 1400. The molecular formula is C24H20F3N5O3S. The summed E-state index contributed by atoms with van der Waals surface area (Å²) in [6.07, 6.45) is -2.34. The van der Waals surface area contributed by atoms with Gasteiger partial charge in [0.15, 0.2) is 0 Å². The third-order valence-corrected chi connectivity index (χ3v) is 7.69. The van der Waals surface area contributed by atoms with E-state index in [0.29, 0.717) is 35.4 Å². The molecule has 3 aromatic rings. The number of nitrogens with one attached hydrogen (secondary N) is 1. The maximum Gasteiger partial charge on any atom is 0.416 e. The predicted octanol–water partition coefficient (Wildman–Crippen LogP) is 3.50. The number of carbonyl (C=O) groups is 1. The molecule has 0 saturated carbocycles. The molecule has 0 spiro atoms. The molecule has 1 fully saturated rings. The van der Waals surface area contributed by atoms with E-state index >= 15 is 0 Å². The fourth-order valence-corrected chi connectivity index (χ4v) is 5.56. The number of alkyl halides is 3. The standard InChI is InChI=1S/C24H20F3N5O3S/c25-24(26,27)18-7-5-17(6-8-18)21-12-19(30-15-31-21)14-29-23(33)22-2-1-11-32(22)36(34,35)20-9-3-16(13-28)4-10-20/h3-10,12,15,22H,1-2,11,14H2,(H,29,33)/t22-/m0/s1. The van der Waals surface area contributed by atoms with Gasteiger partial charge in [-0.05, 0) is 55.3 Å². The molecule has 1 atom stereocenters. The van der Waals surface area contributed by atoms with E-state index in [-0.39, 0.29) is 18.0 Å². The van der Waals surface area contributed by atoms with E-state index < -0.39 is 33.7 Å². The molecule has 12 heteroatoms.